The van der Waals surface area contributed by atoms with Crippen LogP contribution >= 0.6 is 110 Å². The molecule has 16 heteroatoms. The van der Waals surface area contributed by atoms with Gasteiger partial charge in [0.25, 0.3) is 0 Å². The Bertz CT molecular complexity index is 88.0. The first-order chi connectivity index (χ1) is 6.00. The molecule has 16 heavy (non-hydrogen) atoms. The molecule has 0 aromatic rings. The summed E-state index contributed by atoms with van der Waals surface area (Å²) in [6.07, 6.45) is 0. The maximum absolute atomic E-state index is 5.00. The second kappa shape index (κ2) is 15.0. The van der Waals surface area contributed by atoms with Crippen LogP contribution in [0.4, 0.5) is 0 Å². The van der Waals surface area contributed by atoms with Crippen molar-refractivity contribution in [3.63, 3.8) is 0 Å². The third-order valence-corrected chi connectivity index (χ3v) is 0. The van der Waals surface area contributed by atoms with Crippen LogP contribution in [-0.4, -0.2) is 0 Å². The zero-order valence-corrected chi connectivity index (χ0v) is 23.5. The molecule has 128 valence electrons. The van der Waals surface area contributed by atoms with Crippen LogP contribution in [0.1, 0.15) is 0 Å². The molecule has 0 radical (unpaired) electrons. The summed E-state index contributed by atoms with van der Waals surface area (Å²) in [5.41, 5.74) is 0. The van der Waals surface area contributed by atoms with Crippen molar-refractivity contribution in [3.8, 4) is 0 Å². The first-order valence-corrected chi connectivity index (χ1v) is 33.6. The summed E-state index contributed by atoms with van der Waals surface area (Å²) < 4.78 is 0. The molecule has 0 amide bonds. The molecule has 0 fully saturated rings. The van der Waals surface area contributed by atoms with Gasteiger partial charge in [-0.1, -0.05) is 0 Å². The van der Waals surface area contributed by atoms with E-state index < -0.39 is 38.4 Å². The monoisotopic (exact) mass is 1210 g/mol. The standard InChI is InChI=1S/4Au.12ClH/h;;;;12*1H/q4*+3;;;;;;;;;;;;/p-12. The van der Waals surface area contributed by atoms with Crippen molar-refractivity contribution >= 4 is 110 Å². The average molecular weight is 1210 g/mol. The van der Waals surface area contributed by atoms with Gasteiger partial charge in [0.1, 0.15) is 0 Å². The number of hydrogen-bond donors (Lipinski definition) is 0. The molecule has 0 aliphatic heterocycles. The average Bonchev–Trinajstić information content (AvgIpc) is 1.41. The van der Waals surface area contributed by atoms with Crippen molar-refractivity contribution in [2.45, 2.75) is 0 Å². The molecule has 0 heterocycles. The summed E-state index contributed by atoms with van der Waals surface area (Å²) in [5.74, 6) is 0. The van der Waals surface area contributed by atoms with Crippen molar-refractivity contribution in [1.29, 1.82) is 0 Å². The van der Waals surface area contributed by atoms with E-state index in [4.69, 9.17) is 110 Å². The molecule has 0 aromatic heterocycles. The van der Waals surface area contributed by atoms with E-state index in [2.05, 4.69) is 0 Å². The van der Waals surface area contributed by atoms with E-state index in [-0.39, 0.29) is 22.4 Å². The van der Waals surface area contributed by atoms with Gasteiger partial charge in [-0.3, -0.25) is 0 Å². The Morgan fingerprint density at radius 1 is 0.312 bits per heavy atom. The fourth-order valence-electron chi connectivity index (χ4n) is 0. The molecular weight excluding hydrogens is 1210 g/mol. The van der Waals surface area contributed by atoms with Gasteiger partial charge < -0.3 is 0 Å². The summed E-state index contributed by atoms with van der Waals surface area (Å²) in [6.45, 7) is 0. The molecule has 0 bridgehead atoms. The Balaban J connectivity index is -0.0000000655. The second-order valence-corrected chi connectivity index (χ2v) is 57.1. The summed E-state index contributed by atoms with van der Waals surface area (Å²) in [6, 6.07) is 0. The minimum atomic E-state index is -3.00. The van der Waals surface area contributed by atoms with Crippen molar-refractivity contribution in [2.75, 3.05) is 0 Å². The van der Waals surface area contributed by atoms with Gasteiger partial charge in [-0.2, -0.15) is 0 Å². The Morgan fingerprint density at radius 3 is 0.312 bits per heavy atom. The molecule has 0 rings (SSSR count). The fourth-order valence-corrected chi connectivity index (χ4v) is 0. The van der Waals surface area contributed by atoms with Crippen LogP contribution in [0.2, 0.25) is 0 Å². The SMILES string of the molecule is [Au+3].[Cl][Au-]([Cl])([Cl])[Cl].[Cl][Au-]([Cl])([Cl])[Cl].[Cl][Au-]([Cl])([Cl])[Cl]. The predicted molar refractivity (Wildman–Crippen MR) is 70.2 cm³/mol. The van der Waals surface area contributed by atoms with Gasteiger partial charge in [0.05, 0.1) is 0 Å². The van der Waals surface area contributed by atoms with Gasteiger partial charge in [0.15, 0.2) is 0 Å². The van der Waals surface area contributed by atoms with E-state index in [1.165, 1.54) is 0 Å². The molecule has 0 unspecified atom stereocenters. The van der Waals surface area contributed by atoms with Gasteiger partial charge in [0.2, 0.25) is 0 Å². The Hall–Kier alpha value is 6.44. The van der Waals surface area contributed by atoms with Crippen molar-refractivity contribution in [2.24, 2.45) is 0 Å². The molecule has 0 saturated heterocycles. The molecule has 0 atom stereocenters. The van der Waals surface area contributed by atoms with Gasteiger partial charge in [0, 0.05) is 0 Å². The van der Waals surface area contributed by atoms with E-state index in [1.807, 2.05) is 0 Å². The summed E-state index contributed by atoms with van der Waals surface area (Å²) in [5, 5.41) is 0. The Morgan fingerprint density at radius 2 is 0.312 bits per heavy atom. The molecule has 0 saturated carbocycles. The van der Waals surface area contributed by atoms with Gasteiger partial charge >= 0.3 is 171 Å². The van der Waals surface area contributed by atoms with Gasteiger partial charge in [-0.05, 0) is 0 Å². The van der Waals surface area contributed by atoms with Crippen molar-refractivity contribution in [1.82, 2.24) is 0 Å². The zero-order chi connectivity index (χ0) is 13.5. The number of hydrogen-bond acceptors (Lipinski definition) is 0. The van der Waals surface area contributed by atoms with E-state index >= 15 is 0 Å². The van der Waals surface area contributed by atoms with E-state index in [9.17, 15) is 0 Å². The van der Waals surface area contributed by atoms with Crippen LogP contribution in [0, 0.1) is 0 Å². The minimum absolute atomic E-state index is 0. The third kappa shape index (κ3) is 186. The van der Waals surface area contributed by atoms with E-state index in [0.29, 0.717) is 0 Å². The first-order valence-electron chi connectivity index (χ1n) is 1.37. The van der Waals surface area contributed by atoms with Crippen LogP contribution in [0.25, 0.3) is 0 Å². The maximum atomic E-state index is 5.00. The third-order valence-electron chi connectivity index (χ3n) is 0. The normalized spacial score (nSPS) is 14.2. The predicted octanol–water partition coefficient (Wildman–Crippen LogP) is 8.26. The molecule has 0 spiro atoms. The molecular formula is Au4Cl12. The fraction of sp³-hybridized carbons (Fsp3) is 0. The Labute approximate surface area is 166 Å². The molecule has 0 aliphatic rings. The molecule has 0 aliphatic carbocycles. The first kappa shape index (κ1) is 30.3. The van der Waals surface area contributed by atoms with Gasteiger partial charge in [-0.25, -0.2) is 0 Å². The van der Waals surface area contributed by atoms with Crippen LogP contribution in [0.3, 0.4) is 0 Å². The van der Waals surface area contributed by atoms with Crippen LogP contribution in [0.5, 0.6) is 0 Å². The van der Waals surface area contributed by atoms with Gasteiger partial charge in [-0.15, -0.1) is 0 Å². The Kier molecular flexibility index (Phi) is 28.4. The molecule has 0 N–H and O–H groups in total. The van der Waals surface area contributed by atoms with Crippen LogP contribution < -0.4 is 0 Å². The summed E-state index contributed by atoms with van der Waals surface area (Å²) in [7, 11) is 60.0. The van der Waals surface area contributed by atoms with Crippen molar-refractivity contribution in [3.05, 3.63) is 0 Å². The molecule has 0 aromatic carbocycles. The zero-order valence-electron chi connectivity index (χ0n) is 5.74. The molecule has 0 nitrogen and oxygen atoms in total. The van der Waals surface area contributed by atoms with E-state index in [0.717, 1.165) is 0 Å². The second-order valence-electron chi connectivity index (χ2n) is 0.775. The number of rotatable bonds is 0. The van der Waals surface area contributed by atoms with E-state index in [1.54, 1.807) is 0 Å². The summed E-state index contributed by atoms with van der Waals surface area (Å²) in [4.78, 5) is 0. The topological polar surface area (TPSA) is 0 Å². The summed E-state index contributed by atoms with van der Waals surface area (Å²) >= 11 is -9.00. The van der Waals surface area contributed by atoms with Crippen LogP contribution in [0.15, 0.2) is 0 Å². The van der Waals surface area contributed by atoms with Crippen LogP contribution in [-0.2, 0) is 60.8 Å². The van der Waals surface area contributed by atoms with Crippen molar-refractivity contribution < 1.29 is 60.8 Å². The number of halogens is 12. The quantitative estimate of drug-likeness (QED) is 0.215.